The van der Waals surface area contributed by atoms with Gasteiger partial charge in [-0.2, -0.15) is 0 Å². The van der Waals surface area contributed by atoms with Crippen molar-refractivity contribution in [2.45, 2.75) is 24.5 Å². The molecule has 5 heteroatoms. The average molecular weight is 363 g/mol. The largest absolute Gasteiger partial charge is 0.384 e. The summed E-state index contributed by atoms with van der Waals surface area (Å²) in [6.45, 7) is 4.04. The molecule has 1 aromatic heterocycles. The minimum Gasteiger partial charge on any atom is -0.384 e. The highest BCUT2D eigenvalue weighted by Crippen LogP contribution is 2.27. The van der Waals surface area contributed by atoms with Crippen LogP contribution in [0.3, 0.4) is 0 Å². The van der Waals surface area contributed by atoms with E-state index >= 15 is 0 Å². The molecule has 0 aliphatic carbocycles. The van der Waals surface area contributed by atoms with Gasteiger partial charge < -0.3 is 11.1 Å². The van der Waals surface area contributed by atoms with Crippen molar-refractivity contribution in [1.29, 1.82) is 0 Å². The Morgan fingerprint density at radius 2 is 1.81 bits per heavy atom. The third kappa shape index (κ3) is 4.64. The van der Waals surface area contributed by atoms with Gasteiger partial charge in [-0.3, -0.25) is 4.79 Å². The molecule has 3 rings (SSSR count). The Bertz CT molecular complexity index is 920. The normalized spacial score (nSPS) is 10.5. The van der Waals surface area contributed by atoms with E-state index in [1.165, 1.54) is 0 Å². The first-order valence-electron chi connectivity index (χ1n) is 8.33. The molecule has 0 saturated carbocycles. The number of thioether (sulfide) groups is 1. The lowest BCUT2D eigenvalue weighted by atomic mass is 10.1. The van der Waals surface area contributed by atoms with Crippen LogP contribution in [-0.2, 0) is 5.75 Å². The zero-order valence-corrected chi connectivity index (χ0v) is 15.6. The number of hydrogen-bond donors (Lipinski definition) is 2. The van der Waals surface area contributed by atoms with E-state index in [4.69, 9.17) is 5.73 Å². The molecule has 4 nitrogen and oxygen atoms in total. The number of nitrogens with zero attached hydrogens (tertiary/aromatic N) is 1. The maximum atomic E-state index is 12.8. The van der Waals surface area contributed by atoms with Crippen LogP contribution in [-0.4, -0.2) is 10.9 Å². The average Bonchev–Trinajstić information content (AvgIpc) is 2.59. The quantitative estimate of drug-likeness (QED) is 0.637. The van der Waals surface area contributed by atoms with Crippen LogP contribution in [0.5, 0.6) is 0 Å². The van der Waals surface area contributed by atoms with E-state index in [0.717, 1.165) is 33.0 Å². The van der Waals surface area contributed by atoms with E-state index in [0.29, 0.717) is 11.4 Å². The first-order valence-corrected chi connectivity index (χ1v) is 9.32. The lowest BCUT2D eigenvalue weighted by Crippen LogP contribution is -2.13. The SMILES string of the molecule is Cc1cc(C)cc(NC(=O)c2ccccc2SCc2ccnc(N)c2)c1. The van der Waals surface area contributed by atoms with Crippen molar-refractivity contribution in [2.24, 2.45) is 0 Å². The predicted octanol–water partition coefficient (Wildman–Crippen LogP) is 4.83. The molecule has 26 heavy (non-hydrogen) atoms. The van der Waals surface area contributed by atoms with Gasteiger partial charge in [0, 0.05) is 22.5 Å². The van der Waals surface area contributed by atoms with Gasteiger partial charge in [-0.15, -0.1) is 11.8 Å². The van der Waals surface area contributed by atoms with Gasteiger partial charge in [0.2, 0.25) is 0 Å². The molecule has 1 amide bonds. The van der Waals surface area contributed by atoms with E-state index in [9.17, 15) is 4.79 Å². The second-order valence-corrected chi connectivity index (χ2v) is 7.22. The summed E-state index contributed by atoms with van der Waals surface area (Å²) >= 11 is 1.61. The number of nitrogen functional groups attached to an aromatic ring is 1. The summed E-state index contributed by atoms with van der Waals surface area (Å²) in [4.78, 5) is 17.7. The maximum Gasteiger partial charge on any atom is 0.256 e. The molecule has 0 aliphatic heterocycles. The summed E-state index contributed by atoms with van der Waals surface area (Å²) in [6.07, 6.45) is 1.70. The van der Waals surface area contributed by atoms with Crippen LogP contribution in [0.15, 0.2) is 65.7 Å². The number of pyridine rings is 1. The van der Waals surface area contributed by atoms with Crippen molar-refractivity contribution in [3.63, 3.8) is 0 Å². The highest BCUT2D eigenvalue weighted by Gasteiger charge is 2.12. The summed E-state index contributed by atoms with van der Waals surface area (Å²) in [7, 11) is 0. The molecule has 3 aromatic rings. The third-order valence-electron chi connectivity index (χ3n) is 3.85. The fourth-order valence-electron chi connectivity index (χ4n) is 2.77. The predicted molar refractivity (Wildman–Crippen MR) is 109 cm³/mol. The van der Waals surface area contributed by atoms with Crippen molar-refractivity contribution in [3.8, 4) is 0 Å². The van der Waals surface area contributed by atoms with Gasteiger partial charge >= 0.3 is 0 Å². The van der Waals surface area contributed by atoms with Crippen molar-refractivity contribution in [1.82, 2.24) is 4.98 Å². The highest BCUT2D eigenvalue weighted by atomic mass is 32.2. The number of aryl methyl sites for hydroxylation is 2. The molecule has 132 valence electrons. The Morgan fingerprint density at radius 1 is 1.08 bits per heavy atom. The van der Waals surface area contributed by atoms with Crippen molar-refractivity contribution >= 4 is 29.2 Å². The monoisotopic (exact) mass is 363 g/mol. The van der Waals surface area contributed by atoms with Gasteiger partial charge in [-0.25, -0.2) is 4.98 Å². The number of aromatic nitrogens is 1. The van der Waals surface area contributed by atoms with Crippen molar-refractivity contribution < 1.29 is 4.79 Å². The second-order valence-electron chi connectivity index (χ2n) is 6.20. The molecule has 0 fully saturated rings. The molecule has 2 aromatic carbocycles. The number of carbonyl (C=O) groups is 1. The van der Waals surface area contributed by atoms with Crippen LogP contribution in [0.4, 0.5) is 11.5 Å². The minimum atomic E-state index is -0.104. The first kappa shape index (κ1) is 18.0. The van der Waals surface area contributed by atoms with Crippen LogP contribution in [0.1, 0.15) is 27.0 Å². The Labute approximate surface area is 157 Å². The minimum absolute atomic E-state index is 0.104. The van der Waals surface area contributed by atoms with Gasteiger partial charge in [-0.1, -0.05) is 18.2 Å². The number of nitrogens with two attached hydrogens (primary N) is 1. The van der Waals surface area contributed by atoms with Gasteiger partial charge in [0.05, 0.1) is 5.56 Å². The summed E-state index contributed by atoms with van der Waals surface area (Å²) < 4.78 is 0. The summed E-state index contributed by atoms with van der Waals surface area (Å²) in [5.41, 5.74) is 10.5. The lowest BCUT2D eigenvalue weighted by molar-refractivity contribution is 0.102. The van der Waals surface area contributed by atoms with Gasteiger partial charge in [0.25, 0.3) is 5.91 Å². The van der Waals surface area contributed by atoms with E-state index in [-0.39, 0.29) is 5.91 Å². The summed E-state index contributed by atoms with van der Waals surface area (Å²) in [5.74, 6) is 1.12. The van der Waals surface area contributed by atoms with E-state index < -0.39 is 0 Å². The van der Waals surface area contributed by atoms with Gasteiger partial charge in [0.1, 0.15) is 5.82 Å². The standard InChI is InChI=1S/C21H21N3OS/c1-14-9-15(2)11-17(10-14)24-21(25)18-5-3-4-6-19(18)26-13-16-7-8-23-20(22)12-16/h3-12H,13H2,1-2H3,(H2,22,23)(H,24,25). The van der Waals surface area contributed by atoms with E-state index in [2.05, 4.69) is 16.4 Å². The Kier molecular flexibility index (Phi) is 5.58. The van der Waals surface area contributed by atoms with E-state index in [1.54, 1.807) is 18.0 Å². The van der Waals surface area contributed by atoms with Crippen LogP contribution < -0.4 is 11.1 Å². The first-order chi connectivity index (χ1) is 12.5. The fraction of sp³-hybridized carbons (Fsp3) is 0.143. The maximum absolute atomic E-state index is 12.8. The molecular formula is C21H21N3OS. The molecule has 0 atom stereocenters. The molecule has 0 aliphatic rings. The smallest absolute Gasteiger partial charge is 0.256 e. The van der Waals surface area contributed by atoms with Gasteiger partial charge in [0.15, 0.2) is 0 Å². The number of amides is 1. The number of carbonyl (C=O) groups excluding carboxylic acids is 1. The molecule has 0 unspecified atom stereocenters. The molecular weight excluding hydrogens is 342 g/mol. The fourth-order valence-corrected chi connectivity index (χ4v) is 3.76. The molecule has 0 spiro atoms. The Hall–Kier alpha value is -2.79. The number of nitrogens with one attached hydrogen (secondary N) is 1. The summed E-state index contributed by atoms with van der Waals surface area (Å²) in [5, 5.41) is 3.01. The number of anilines is 2. The number of hydrogen-bond acceptors (Lipinski definition) is 4. The van der Waals surface area contributed by atoms with Crippen LogP contribution in [0.25, 0.3) is 0 Å². The Morgan fingerprint density at radius 3 is 2.54 bits per heavy atom. The van der Waals surface area contributed by atoms with Crippen LogP contribution >= 0.6 is 11.8 Å². The van der Waals surface area contributed by atoms with Crippen LogP contribution in [0, 0.1) is 13.8 Å². The van der Waals surface area contributed by atoms with Crippen molar-refractivity contribution in [2.75, 3.05) is 11.1 Å². The van der Waals surface area contributed by atoms with Crippen molar-refractivity contribution in [3.05, 3.63) is 83.0 Å². The molecule has 0 saturated heterocycles. The molecule has 3 N–H and O–H groups in total. The van der Waals surface area contributed by atoms with E-state index in [1.807, 2.05) is 62.4 Å². The lowest BCUT2D eigenvalue weighted by Gasteiger charge is -2.11. The van der Waals surface area contributed by atoms with Crippen LogP contribution in [0.2, 0.25) is 0 Å². The topological polar surface area (TPSA) is 68.0 Å². The molecule has 1 heterocycles. The second kappa shape index (κ2) is 8.06. The molecule has 0 bridgehead atoms. The zero-order chi connectivity index (χ0) is 18.5. The Balaban J connectivity index is 1.76. The van der Waals surface area contributed by atoms with Gasteiger partial charge in [-0.05, 0) is 66.9 Å². The third-order valence-corrected chi connectivity index (χ3v) is 5.00. The number of rotatable bonds is 5. The number of benzene rings is 2. The zero-order valence-electron chi connectivity index (χ0n) is 14.8. The highest BCUT2D eigenvalue weighted by molar-refractivity contribution is 7.98. The summed E-state index contributed by atoms with van der Waals surface area (Å²) in [6, 6.07) is 17.4. The molecule has 0 radical (unpaired) electrons.